The molecule has 0 fully saturated rings. The van der Waals surface area contributed by atoms with Crippen molar-refractivity contribution in [1.82, 2.24) is 0 Å². The van der Waals surface area contributed by atoms with Crippen molar-refractivity contribution in [3.05, 3.63) is 30.3 Å². The van der Waals surface area contributed by atoms with Crippen molar-refractivity contribution in [3.8, 4) is 0 Å². The van der Waals surface area contributed by atoms with Gasteiger partial charge in [0, 0.05) is 5.69 Å². The van der Waals surface area contributed by atoms with Crippen LogP contribution in [0.2, 0.25) is 0 Å². The summed E-state index contributed by atoms with van der Waals surface area (Å²) in [6.07, 6.45) is 1.31. The highest BCUT2D eigenvalue weighted by Gasteiger charge is 1.80. The average molecular weight is 209 g/mol. The van der Waals surface area contributed by atoms with Gasteiger partial charge in [-0.3, -0.25) is 0 Å². The van der Waals surface area contributed by atoms with E-state index in [1.54, 1.807) is 0 Å². The van der Waals surface area contributed by atoms with Crippen molar-refractivity contribution in [2.24, 2.45) is 5.92 Å². The van der Waals surface area contributed by atoms with Gasteiger partial charge in [-0.1, -0.05) is 57.6 Å². The quantitative estimate of drug-likeness (QED) is 0.752. The maximum absolute atomic E-state index is 4.60. The van der Waals surface area contributed by atoms with Gasteiger partial charge in [-0.25, -0.2) is 0 Å². The number of thiocarbonyl (C=S) groups is 1. The molecule has 1 aromatic carbocycles. The van der Waals surface area contributed by atoms with E-state index in [1.165, 1.54) is 11.9 Å². The maximum atomic E-state index is 4.60. The molecule has 14 heavy (non-hydrogen) atoms. The molecule has 78 valence electrons. The number of benzene rings is 1. The molecule has 0 radical (unpaired) electrons. The Labute approximate surface area is 92.5 Å². The summed E-state index contributed by atoms with van der Waals surface area (Å²) in [7, 11) is 0. The van der Waals surface area contributed by atoms with Crippen LogP contribution in [0.25, 0.3) is 0 Å². The lowest BCUT2D eigenvalue weighted by Gasteiger charge is -1.94. The van der Waals surface area contributed by atoms with Gasteiger partial charge in [0.1, 0.15) is 0 Å². The molecule has 0 aliphatic carbocycles. The highest BCUT2D eigenvalue weighted by atomic mass is 32.1. The topological polar surface area (TPSA) is 12.0 Å². The van der Waals surface area contributed by atoms with Gasteiger partial charge in [-0.05, 0) is 18.1 Å². The monoisotopic (exact) mass is 209 g/mol. The van der Waals surface area contributed by atoms with E-state index in [4.69, 9.17) is 0 Å². The molecule has 0 saturated carbocycles. The number of para-hydroxylation sites is 1. The molecule has 0 bridgehead atoms. The van der Waals surface area contributed by atoms with E-state index >= 15 is 0 Å². The molecule has 0 unspecified atom stereocenters. The number of hydrogen-bond acceptors (Lipinski definition) is 1. The lowest BCUT2D eigenvalue weighted by molar-refractivity contribution is 0.626. The van der Waals surface area contributed by atoms with Crippen LogP contribution in [0.1, 0.15) is 27.2 Å². The van der Waals surface area contributed by atoms with Crippen molar-refractivity contribution >= 4 is 23.4 Å². The first kappa shape index (κ1) is 13.1. The number of hydrogen-bond donors (Lipinski definition) is 1. The summed E-state index contributed by atoms with van der Waals surface area (Å²) in [4.78, 5) is 0. The fourth-order valence-electron chi connectivity index (χ4n) is 0.602. The molecule has 1 rings (SSSR count). The Morgan fingerprint density at radius 2 is 1.79 bits per heavy atom. The number of nitrogens with one attached hydrogen (secondary N) is 1. The Kier molecular flexibility index (Phi) is 8.14. The fourth-order valence-corrected chi connectivity index (χ4v) is 0.739. The summed E-state index contributed by atoms with van der Waals surface area (Å²) in [5.74, 6) is 0.884. The molecule has 0 saturated heterocycles. The van der Waals surface area contributed by atoms with Crippen LogP contribution < -0.4 is 5.32 Å². The molecule has 1 aromatic rings. The van der Waals surface area contributed by atoms with Crippen molar-refractivity contribution in [3.63, 3.8) is 0 Å². The molecule has 2 heteroatoms. The third-order valence-electron chi connectivity index (χ3n) is 1.82. The summed E-state index contributed by atoms with van der Waals surface area (Å²) in [5.41, 5.74) is 2.53. The van der Waals surface area contributed by atoms with Gasteiger partial charge in [0.25, 0.3) is 0 Å². The van der Waals surface area contributed by atoms with Gasteiger partial charge in [0.2, 0.25) is 0 Å². The molecule has 0 heterocycles. The molecular formula is C12H19NS. The van der Waals surface area contributed by atoms with E-state index < -0.39 is 0 Å². The van der Waals surface area contributed by atoms with Gasteiger partial charge in [-0.15, -0.1) is 0 Å². The second-order valence-corrected chi connectivity index (χ2v) is 3.67. The predicted octanol–water partition coefficient (Wildman–Crippen LogP) is 4.11. The maximum Gasteiger partial charge on any atom is 0.0658 e. The zero-order chi connectivity index (χ0) is 10.8. The van der Waals surface area contributed by atoms with E-state index in [9.17, 15) is 0 Å². The minimum absolute atomic E-state index is 0.884. The fraction of sp³-hybridized carbons (Fsp3) is 0.417. The Bertz CT molecular complexity index is 231. The van der Waals surface area contributed by atoms with Crippen LogP contribution in [0, 0.1) is 5.92 Å². The summed E-state index contributed by atoms with van der Waals surface area (Å²) in [6.45, 7) is 6.64. The standard InChI is InChI=1S/C7H7NS.C5H12/c9-6-8-7-4-2-1-3-5-7;1-4-5(2)3/h1-6H,(H,8,9);5H,4H2,1-3H3. The van der Waals surface area contributed by atoms with E-state index in [-0.39, 0.29) is 0 Å². The predicted molar refractivity (Wildman–Crippen MR) is 68.8 cm³/mol. The van der Waals surface area contributed by atoms with Gasteiger partial charge >= 0.3 is 0 Å². The third kappa shape index (κ3) is 7.74. The Morgan fingerprint density at radius 1 is 1.29 bits per heavy atom. The summed E-state index contributed by atoms with van der Waals surface area (Å²) < 4.78 is 0. The molecular weight excluding hydrogens is 190 g/mol. The summed E-state index contributed by atoms with van der Waals surface area (Å²) >= 11 is 4.60. The van der Waals surface area contributed by atoms with E-state index in [0.29, 0.717) is 0 Å². The van der Waals surface area contributed by atoms with Crippen LogP contribution in [0.15, 0.2) is 30.3 Å². The highest BCUT2D eigenvalue weighted by Crippen LogP contribution is 2.02. The first-order valence-corrected chi connectivity index (χ1v) is 5.43. The van der Waals surface area contributed by atoms with Gasteiger partial charge in [0.15, 0.2) is 0 Å². The van der Waals surface area contributed by atoms with Gasteiger partial charge in [0.05, 0.1) is 5.49 Å². The van der Waals surface area contributed by atoms with E-state index in [1.807, 2.05) is 30.3 Å². The van der Waals surface area contributed by atoms with E-state index in [2.05, 4.69) is 38.3 Å². The van der Waals surface area contributed by atoms with Crippen LogP contribution in [0.3, 0.4) is 0 Å². The molecule has 0 amide bonds. The smallest absolute Gasteiger partial charge is 0.0658 e. The minimum Gasteiger partial charge on any atom is -0.353 e. The number of anilines is 1. The minimum atomic E-state index is 0.884. The van der Waals surface area contributed by atoms with Crippen LogP contribution in [-0.2, 0) is 0 Å². The largest absolute Gasteiger partial charge is 0.353 e. The number of rotatable bonds is 3. The lowest BCUT2D eigenvalue weighted by atomic mass is 10.2. The second kappa shape index (κ2) is 8.70. The average Bonchev–Trinajstić information content (AvgIpc) is 2.21. The highest BCUT2D eigenvalue weighted by molar-refractivity contribution is 7.79. The summed E-state index contributed by atoms with van der Waals surface area (Å²) in [5, 5.41) is 2.90. The first-order valence-electron chi connectivity index (χ1n) is 4.96. The van der Waals surface area contributed by atoms with Crippen LogP contribution in [0.5, 0.6) is 0 Å². The molecule has 0 aromatic heterocycles. The normalized spacial score (nSPS) is 8.86. The second-order valence-electron chi connectivity index (χ2n) is 3.43. The Balaban J connectivity index is 0.000000292. The molecule has 1 N–H and O–H groups in total. The lowest BCUT2D eigenvalue weighted by Crippen LogP contribution is -1.89. The van der Waals surface area contributed by atoms with Crippen molar-refractivity contribution in [1.29, 1.82) is 0 Å². The Morgan fingerprint density at radius 3 is 2.14 bits per heavy atom. The molecule has 0 atom stereocenters. The van der Waals surface area contributed by atoms with E-state index in [0.717, 1.165) is 11.6 Å². The Hall–Kier alpha value is -0.890. The zero-order valence-corrected chi connectivity index (χ0v) is 9.97. The van der Waals surface area contributed by atoms with Crippen molar-refractivity contribution in [2.75, 3.05) is 5.32 Å². The van der Waals surface area contributed by atoms with Crippen LogP contribution in [-0.4, -0.2) is 5.49 Å². The third-order valence-corrected chi connectivity index (χ3v) is 1.93. The molecule has 1 nitrogen and oxygen atoms in total. The first-order chi connectivity index (χ1) is 6.70. The SMILES string of the molecule is CCC(C)C.S=CNc1ccccc1. The van der Waals surface area contributed by atoms with Crippen LogP contribution >= 0.6 is 12.2 Å². The van der Waals surface area contributed by atoms with Crippen molar-refractivity contribution in [2.45, 2.75) is 27.2 Å². The van der Waals surface area contributed by atoms with Gasteiger partial charge < -0.3 is 5.32 Å². The molecule has 0 aliphatic rings. The summed E-state index contributed by atoms with van der Waals surface area (Å²) in [6, 6.07) is 9.81. The van der Waals surface area contributed by atoms with Gasteiger partial charge in [-0.2, -0.15) is 0 Å². The zero-order valence-electron chi connectivity index (χ0n) is 9.16. The molecule has 0 aliphatic heterocycles. The molecule has 0 spiro atoms. The van der Waals surface area contributed by atoms with Crippen LogP contribution in [0.4, 0.5) is 5.69 Å². The van der Waals surface area contributed by atoms with Crippen molar-refractivity contribution < 1.29 is 0 Å².